The van der Waals surface area contributed by atoms with Gasteiger partial charge >= 0.3 is 0 Å². The van der Waals surface area contributed by atoms with E-state index in [9.17, 15) is 0 Å². The summed E-state index contributed by atoms with van der Waals surface area (Å²) in [6, 6.07) is 9.97. The van der Waals surface area contributed by atoms with Gasteiger partial charge in [0.2, 0.25) is 0 Å². The van der Waals surface area contributed by atoms with Crippen molar-refractivity contribution >= 4 is 11.6 Å². The highest BCUT2D eigenvalue weighted by atomic mass is 35.5. The molecule has 1 heterocycles. The summed E-state index contributed by atoms with van der Waals surface area (Å²) in [5.74, 6) is 1.42. The third-order valence-corrected chi connectivity index (χ3v) is 3.20. The van der Waals surface area contributed by atoms with Gasteiger partial charge in [0, 0.05) is 23.3 Å². The molecule has 0 aliphatic carbocycles. The van der Waals surface area contributed by atoms with Crippen LogP contribution in [0.4, 0.5) is 0 Å². The van der Waals surface area contributed by atoms with Crippen molar-refractivity contribution in [3.05, 3.63) is 52.8 Å². The number of benzene rings is 1. The number of hydrogen-bond acceptors (Lipinski definition) is 3. The fraction of sp³-hybridized carbons (Fsp3) is 0.312. The summed E-state index contributed by atoms with van der Waals surface area (Å²) in [5, 5.41) is 4.05. The number of ether oxygens (including phenoxy) is 1. The molecule has 0 bridgehead atoms. The van der Waals surface area contributed by atoms with Gasteiger partial charge in [0.05, 0.1) is 6.20 Å². The minimum Gasteiger partial charge on any atom is -0.456 e. The Morgan fingerprint density at radius 3 is 2.55 bits per heavy atom. The van der Waals surface area contributed by atoms with Crippen molar-refractivity contribution in [2.45, 2.75) is 33.4 Å². The van der Waals surface area contributed by atoms with Crippen molar-refractivity contribution in [2.75, 3.05) is 0 Å². The van der Waals surface area contributed by atoms with Gasteiger partial charge in [-0.1, -0.05) is 31.5 Å². The summed E-state index contributed by atoms with van der Waals surface area (Å²) in [6.07, 6.45) is 1.71. The van der Waals surface area contributed by atoms with Crippen LogP contribution in [0.3, 0.4) is 0 Å². The third kappa shape index (κ3) is 4.22. The van der Waals surface area contributed by atoms with Gasteiger partial charge in [-0.15, -0.1) is 0 Å². The molecule has 2 aromatic rings. The van der Waals surface area contributed by atoms with Crippen LogP contribution >= 0.6 is 11.6 Å². The summed E-state index contributed by atoms with van der Waals surface area (Å²) in [7, 11) is 0. The first-order valence-electron chi connectivity index (χ1n) is 6.67. The Kier molecular flexibility index (Phi) is 4.99. The highest BCUT2D eigenvalue weighted by Crippen LogP contribution is 2.26. The van der Waals surface area contributed by atoms with E-state index in [1.54, 1.807) is 6.20 Å². The van der Waals surface area contributed by atoms with Crippen LogP contribution in [0, 0.1) is 6.92 Å². The van der Waals surface area contributed by atoms with Crippen LogP contribution in [0.25, 0.3) is 0 Å². The fourth-order valence-electron chi connectivity index (χ4n) is 1.70. The number of aromatic nitrogens is 1. The van der Waals surface area contributed by atoms with E-state index in [4.69, 9.17) is 16.3 Å². The molecule has 3 nitrogen and oxygen atoms in total. The molecule has 0 saturated heterocycles. The van der Waals surface area contributed by atoms with Gasteiger partial charge in [0.15, 0.2) is 0 Å². The second-order valence-corrected chi connectivity index (χ2v) is 5.43. The zero-order valence-corrected chi connectivity index (χ0v) is 12.7. The van der Waals surface area contributed by atoms with Gasteiger partial charge in [0.25, 0.3) is 0 Å². The van der Waals surface area contributed by atoms with Crippen molar-refractivity contribution in [3.63, 3.8) is 0 Å². The van der Waals surface area contributed by atoms with Gasteiger partial charge in [0.1, 0.15) is 11.5 Å². The van der Waals surface area contributed by atoms with Crippen molar-refractivity contribution < 1.29 is 4.74 Å². The van der Waals surface area contributed by atoms with Gasteiger partial charge in [-0.2, -0.15) is 0 Å². The molecule has 0 fully saturated rings. The molecular formula is C16H19ClN2O. The largest absolute Gasteiger partial charge is 0.456 e. The van der Waals surface area contributed by atoms with Gasteiger partial charge in [-0.05, 0) is 36.8 Å². The minimum atomic E-state index is 0.431. The molecule has 2 rings (SSSR count). The minimum absolute atomic E-state index is 0.431. The maximum absolute atomic E-state index is 6.27. The Morgan fingerprint density at radius 1 is 1.20 bits per heavy atom. The van der Waals surface area contributed by atoms with Crippen LogP contribution in [-0.4, -0.2) is 11.0 Å². The second-order valence-electron chi connectivity index (χ2n) is 5.03. The first kappa shape index (κ1) is 14.8. The summed E-state index contributed by atoms with van der Waals surface area (Å²) < 4.78 is 5.73. The lowest BCUT2D eigenvalue weighted by Gasteiger charge is -2.11. The Hall–Kier alpha value is -1.58. The zero-order valence-electron chi connectivity index (χ0n) is 12.0. The molecule has 1 N–H and O–H groups in total. The van der Waals surface area contributed by atoms with E-state index in [2.05, 4.69) is 24.1 Å². The molecule has 1 aromatic heterocycles. The predicted molar refractivity (Wildman–Crippen MR) is 82.5 cm³/mol. The normalized spacial score (nSPS) is 10.8. The lowest BCUT2D eigenvalue weighted by atomic mass is 10.2. The second kappa shape index (κ2) is 6.73. The quantitative estimate of drug-likeness (QED) is 0.890. The van der Waals surface area contributed by atoms with Crippen LogP contribution in [0.15, 0.2) is 36.5 Å². The maximum atomic E-state index is 6.27. The highest BCUT2D eigenvalue weighted by molar-refractivity contribution is 6.31. The van der Waals surface area contributed by atoms with Gasteiger partial charge in [-0.25, -0.2) is 0 Å². The van der Waals surface area contributed by atoms with Crippen molar-refractivity contribution in [1.82, 2.24) is 10.3 Å². The van der Waals surface area contributed by atoms with Gasteiger partial charge < -0.3 is 10.1 Å². The molecule has 0 radical (unpaired) electrons. The van der Waals surface area contributed by atoms with Crippen LogP contribution in [-0.2, 0) is 6.54 Å². The molecule has 0 aliphatic heterocycles. The summed E-state index contributed by atoms with van der Waals surface area (Å²) >= 11 is 6.27. The molecule has 20 heavy (non-hydrogen) atoms. The zero-order chi connectivity index (χ0) is 14.5. The summed E-state index contributed by atoms with van der Waals surface area (Å²) in [6.45, 7) is 6.91. The molecular weight excluding hydrogens is 272 g/mol. The highest BCUT2D eigenvalue weighted by Gasteiger charge is 2.04. The number of pyridine rings is 1. The molecule has 1 aromatic carbocycles. The standard InChI is InChI=1S/C16H19ClN2O/c1-11(2)18-9-13-5-7-14(8-16(13)17)20-15-6-4-12(3)19-10-15/h4-8,10-11,18H,9H2,1-3H3. The number of hydrogen-bond donors (Lipinski definition) is 1. The van der Waals surface area contributed by atoms with E-state index in [0.29, 0.717) is 22.6 Å². The van der Waals surface area contributed by atoms with E-state index in [0.717, 1.165) is 17.8 Å². The van der Waals surface area contributed by atoms with E-state index < -0.39 is 0 Å². The number of aryl methyl sites for hydroxylation is 1. The molecule has 0 unspecified atom stereocenters. The van der Waals surface area contributed by atoms with Crippen LogP contribution in [0.1, 0.15) is 25.1 Å². The molecule has 0 atom stereocenters. The monoisotopic (exact) mass is 290 g/mol. The van der Waals surface area contributed by atoms with Gasteiger partial charge in [-0.3, -0.25) is 4.98 Å². The summed E-state index contributed by atoms with van der Waals surface area (Å²) in [4.78, 5) is 4.20. The van der Waals surface area contributed by atoms with E-state index >= 15 is 0 Å². The lowest BCUT2D eigenvalue weighted by Crippen LogP contribution is -2.21. The van der Waals surface area contributed by atoms with Crippen molar-refractivity contribution in [1.29, 1.82) is 0 Å². The lowest BCUT2D eigenvalue weighted by molar-refractivity contribution is 0.479. The fourth-order valence-corrected chi connectivity index (χ4v) is 1.94. The van der Waals surface area contributed by atoms with Crippen LogP contribution in [0.5, 0.6) is 11.5 Å². The molecule has 4 heteroatoms. The average molecular weight is 291 g/mol. The maximum Gasteiger partial charge on any atom is 0.145 e. The number of halogens is 1. The first-order valence-corrected chi connectivity index (χ1v) is 7.04. The Balaban J connectivity index is 2.06. The van der Waals surface area contributed by atoms with E-state index in [1.807, 2.05) is 37.3 Å². The molecule has 0 saturated carbocycles. The van der Waals surface area contributed by atoms with Crippen LogP contribution in [0.2, 0.25) is 5.02 Å². The molecule has 0 amide bonds. The number of nitrogens with one attached hydrogen (secondary N) is 1. The first-order chi connectivity index (χ1) is 9.54. The van der Waals surface area contributed by atoms with Crippen molar-refractivity contribution in [3.8, 4) is 11.5 Å². The Bertz CT molecular complexity index is 567. The molecule has 106 valence electrons. The number of rotatable bonds is 5. The predicted octanol–water partition coefficient (Wildman–Crippen LogP) is 4.33. The van der Waals surface area contributed by atoms with E-state index in [-0.39, 0.29) is 0 Å². The summed E-state index contributed by atoms with van der Waals surface area (Å²) in [5.41, 5.74) is 2.03. The van der Waals surface area contributed by atoms with E-state index in [1.165, 1.54) is 0 Å². The third-order valence-electron chi connectivity index (χ3n) is 2.85. The van der Waals surface area contributed by atoms with Crippen LogP contribution < -0.4 is 10.1 Å². The molecule has 0 aliphatic rings. The Labute approximate surface area is 124 Å². The van der Waals surface area contributed by atoms with Crippen molar-refractivity contribution in [2.24, 2.45) is 0 Å². The topological polar surface area (TPSA) is 34.1 Å². The smallest absolute Gasteiger partial charge is 0.145 e. The Morgan fingerprint density at radius 2 is 1.95 bits per heavy atom. The molecule has 0 spiro atoms. The number of nitrogens with zero attached hydrogens (tertiary/aromatic N) is 1. The SMILES string of the molecule is Cc1ccc(Oc2ccc(CNC(C)C)c(Cl)c2)cn1. The average Bonchev–Trinajstić information content (AvgIpc) is 2.40.